The van der Waals surface area contributed by atoms with Crippen LogP contribution in [-0.2, 0) is 4.79 Å². The molecule has 0 bridgehead atoms. The third-order valence-electron chi connectivity index (χ3n) is 5.55. The lowest BCUT2D eigenvalue weighted by Crippen LogP contribution is -2.24. The number of carbonyl (C=O) groups is 2. The Balaban J connectivity index is 1.46. The molecule has 2 aromatic carbocycles. The van der Waals surface area contributed by atoms with Crippen LogP contribution in [0.5, 0.6) is 11.5 Å². The molecule has 1 unspecified atom stereocenters. The number of aryl methyl sites for hydroxylation is 2. The molecular formula is C23H24N4O4S. The van der Waals surface area contributed by atoms with Crippen molar-refractivity contribution in [3.63, 3.8) is 0 Å². The Hall–Kier alpha value is -3.46. The molecule has 2 amide bonds. The fraction of sp³-hybridized carbons (Fsp3) is 0.304. The number of nitrogens with one attached hydrogen (secondary N) is 1. The molecule has 3 aromatic rings. The minimum atomic E-state index is -0.343. The molecule has 2 heterocycles. The number of nitrogens with zero attached hydrogens (tertiary/aromatic N) is 3. The molecule has 8 nitrogen and oxygen atoms in total. The highest BCUT2D eigenvalue weighted by Gasteiger charge is 2.34. The van der Waals surface area contributed by atoms with Gasteiger partial charge in [-0.05, 0) is 49.2 Å². The minimum absolute atomic E-state index is 0.0579. The molecule has 32 heavy (non-hydrogen) atoms. The second kappa shape index (κ2) is 8.96. The standard InChI is InChI=1S/C23H24N4O4S/c1-13-5-6-17(7-14(13)2)27-12-16(10-20(27)28)22-25-26-23(32-22)24-21(29)15-8-18(30-3)11-19(9-15)31-4/h5-9,11,16H,10,12H2,1-4H3,(H,24,26,29). The Morgan fingerprint density at radius 1 is 1.06 bits per heavy atom. The van der Waals surface area contributed by atoms with Gasteiger partial charge in [0.05, 0.1) is 14.2 Å². The van der Waals surface area contributed by atoms with Crippen molar-refractivity contribution >= 4 is 34.0 Å². The molecule has 166 valence electrons. The van der Waals surface area contributed by atoms with E-state index in [-0.39, 0.29) is 17.7 Å². The number of carbonyl (C=O) groups excluding carboxylic acids is 2. The van der Waals surface area contributed by atoms with Gasteiger partial charge in [-0.1, -0.05) is 17.4 Å². The summed E-state index contributed by atoms with van der Waals surface area (Å²) in [5.74, 6) is 0.683. The zero-order chi connectivity index (χ0) is 22.8. The van der Waals surface area contributed by atoms with Crippen LogP contribution in [-0.4, -0.2) is 42.8 Å². The molecule has 9 heteroatoms. The van der Waals surface area contributed by atoms with E-state index in [0.29, 0.717) is 35.2 Å². The molecule has 4 rings (SSSR count). The van der Waals surface area contributed by atoms with E-state index in [9.17, 15) is 9.59 Å². The first-order valence-corrected chi connectivity index (χ1v) is 10.9. The molecule has 1 aromatic heterocycles. The molecule has 1 atom stereocenters. The van der Waals surface area contributed by atoms with Gasteiger partial charge in [0.2, 0.25) is 11.0 Å². The van der Waals surface area contributed by atoms with Crippen molar-refractivity contribution in [1.82, 2.24) is 10.2 Å². The summed E-state index contributed by atoms with van der Waals surface area (Å²) in [7, 11) is 3.05. The van der Waals surface area contributed by atoms with E-state index in [1.165, 1.54) is 31.1 Å². The SMILES string of the molecule is COc1cc(OC)cc(C(=O)Nc2nnc(C3CC(=O)N(c4ccc(C)c(C)c4)C3)s2)c1. The van der Waals surface area contributed by atoms with E-state index in [0.717, 1.165) is 16.3 Å². The lowest BCUT2D eigenvalue weighted by atomic mass is 10.1. The van der Waals surface area contributed by atoms with Crippen molar-refractivity contribution in [2.45, 2.75) is 26.2 Å². The van der Waals surface area contributed by atoms with E-state index >= 15 is 0 Å². The predicted octanol–water partition coefficient (Wildman–Crippen LogP) is 3.94. The maximum Gasteiger partial charge on any atom is 0.257 e. The fourth-order valence-corrected chi connectivity index (χ4v) is 4.40. The minimum Gasteiger partial charge on any atom is -0.497 e. The molecule has 0 spiro atoms. The monoisotopic (exact) mass is 452 g/mol. The normalized spacial score (nSPS) is 15.7. The summed E-state index contributed by atoms with van der Waals surface area (Å²) in [4.78, 5) is 27.1. The first-order chi connectivity index (χ1) is 15.4. The van der Waals surface area contributed by atoms with Gasteiger partial charge in [-0.2, -0.15) is 0 Å². The largest absolute Gasteiger partial charge is 0.497 e. The van der Waals surface area contributed by atoms with Crippen molar-refractivity contribution in [3.05, 3.63) is 58.1 Å². The number of anilines is 2. The van der Waals surface area contributed by atoms with Crippen molar-refractivity contribution in [2.75, 3.05) is 31.0 Å². The average Bonchev–Trinajstić information content (AvgIpc) is 3.41. The molecule has 0 saturated carbocycles. The van der Waals surface area contributed by atoms with Gasteiger partial charge in [0.1, 0.15) is 16.5 Å². The topological polar surface area (TPSA) is 93.6 Å². The van der Waals surface area contributed by atoms with E-state index < -0.39 is 0 Å². The van der Waals surface area contributed by atoms with Gasteiger partial charge in [-0.15, -0.1) is 10.2 Å². The summed E-state index contributed by atoms with van der Waals surface area (Å²) in [6.07, 6.45) is 0.364. The van der Waals surface area contributed by atoms with Gasteiger partial charge in [0.15, 0.2) is 0 Å². The highest BCUT2D eigenvalue weighted by Crippen LogP contribution is 2.35. The first-order valence-electron chi connectivity index (χ1n) is 10.1. The smallest absolute Gasteiger partial charge is 0.257 e. The number of benzene rings is 2. The van der Waals surface area contributed by atoms with Crippen molar-refractivity contribution in [1.29, 1.82) is 0 Å². The summed E-state index contributed by atoms with van der Waals surface area (Å²) >= 11 is 1.28. The molecule has 1 fully saturated rings. The van der Waals surface area contributed by atoms with Gasteiger partial charge in [-0.3, -0.25) is 14.9 Å². The van der Waals surface area contributed by atoms with Crippen LogP contribution >= 0.6 is 11.3 Å². The number of methoxy groups -OCH3 is 2. The van der Waals surface area contributed by atoms with Crippen LogP contribution in [0.2, 0.25) is 0 Å². The van der Waals surface area contributed by atoms with Gasteiger partial charge in [0.25, 0.3) is 5.91 Å². The van der Waals surface area contributed by atoms with E-state index in [4.69, 9.17) is 9.47 Å². The second-order valence-corrected chi connectivity index (χ2v) is 8.68. The highest BCUT2D eigenvalue weighted by atomic mass is 32.1. The summed E-state index contributed by atoms with van der Waals surface area (Å²) < 4.78 is 10.4. The summed E-state index contributed by atoms with van der Waals surface area (Å²) in [5.41, 5.74) is 3.62. The van der Waals surface area contributed by atoms with Gasteiger partial charge in [0, 0.05) is 36.2 Å². The Bertz CT molecular complexity index is 1150. The molecule has 0 aliphatic carbocycles. The van der Waals surface area contributed by atoms with Crippen molar-refractivity contribution in [3.8, 4) is 11.5 Å². The second-order valence-electron chi connectivity index (χ2n) is 7.67. The zero-order valence-electron chi connectivity index (χ0n) is 18.3. The van der Waals surface area contributed by atoms with Crippen LogP contribution in [0.15, 0.2) is 36.4 Å². The van der Waals surface area contributed by atoms with E-state index in [1.54, 1.807) is 23.1 Å². The number of ether oxygens (including phenoxy) is 2. The number of amides is 2. The Morgan fingerprint density at radius 2 is 1.78 bits per heavy atom. The number of hydrogen-bond donors (Lipinski definition) is 1. The molecule has 1 aliphatic heterocycles. The van der Waals surface area contributed by atoms with Crippen molar-refractivity contribution in [2.24, 2.45) is 0 Å². The van der Waals surface area contributed by atoms with Gasteiger partial charge >= 0.3 is 0 Å². The summed E-state index contributed by atoms with van der Waals surface area (Å²) in [6, 6.07) is 11.0. The molecule has 1 saturated heterocycles. The molecule has 0 radical (unpaired) electrons. The number of hydrogen-bond acceptors (Lipinski definition) is 7. The van der Waals surface area contributed by atoms with Crippen LogP contribution in [0.1, 0.15) is 38.8 Å². The third kappa shape index (κ3) is 4.43. The summed E-state index contributed by atoms with van der Waals surface area (Å²) in [5, 5.41) is 12.2. The molecule has 1 aliphatic rings. The third-order valence-corrected chi connectivity index (χ3v) is 6.55. The maximum atomic E-state index is 12.7. The quantitative estimate of drug-likeness (QED) is 0.609. The Kier molecular flexibility index (Phi) is 6.09. The van der Waals surface area contributed by atoms with E-state index in [2.05, 4.69) is 15.5 Å². The average molecular weight is 453 g/mol. The zero-order valence-corrected chi connectivity index (χ0v) is 19.2. The van der Waals surface area contributed by atoms with Gasteiger partial charge < -0.3 is 14.4 Å². The summed E-state index contributed by atoms with van der Waals surface area (Å²) in [6.45, 7) is 4.62. The number of rotatable bonds is 6. The Morgan fingerprint density at radius 3 is 2.44 bits per heavy atom. The van der Waals surface area contributed by atoms with Crippen molar-refractivity contribution < 1.29 is 19.1 Å². The van der Waals surface area contributed by atoms with Crippen LogP contribution < -0.4 is 19.7 Å². The van der Waals surface area contributed by atoms with Crippen LogP contribution in [0.3, 0.4) is 0 Å². The maximum absolute atomic E-state index is 12.7. The predicted molar refractivity (Wildman–Crippen MR) is 123 cm³/mol. The van der Waals surface area contributed by atoms with E-state index in [1.807, 2.05) is 32.0 Å². The van der Waals surface area contributed by atoms with Crippen LogP contribution in [0.25, 0.3) is 0 Å². The first kappa shape index (κ1) is 21.8. The lowest BCUT2D eigenvalue weighted by Gasteiger charge is -2.17. The molecular weight excluding hydrogens is 428 g/mol. The lowest BCUT2D eigenvalue weighted by molar-refractivity contribution is -0.117. The van der Waals surface area contributed by atoms with Gasteiger partial charge in [-0.25, -0.2) is 0 Å². The highest BCUT2D eigenvalue weighted by molar-refractivity contribution is 7.15. The molecule has 1 N–H and O–H groups in total. The van der Waals surface area contributed by atoms with Crippen LogP contribution in [0.4, 0.5) is 10.8 Å². The fourth-order valence-electron chi connectivity index (χ4n) is 3.57. The Labute approximate surface area is 190 Å². The number of aromatic nitrogens is 2. The van der Waals surface area contributed by atoms with Crippen LogP contribution in [0, 0.1) is 13.8 Å².